The summed E-state index contributed by atoms with van der Waals surface area (Å²) >= 11 is 2.74. The van der Waals surface area contributed by atoms with Gasteiger partial charge in [0.15, 0.2) is 17.2 Å². The van der Waals surface area contributed by atoms with Crippen LogP contribution in [-0.4, -0.2) is 44.2 Å². The molecular weight excluding hydrogens is 522 g/mol. The number of rotatable bonds is 10. The van der Waals surface area contributed by atoms with Crippen LogP contribution in [0.15, 0.2) is 29.6 Å². The highest BCUT2D eigenvalue weighted by Gasteiger charge is 2.29. The number of ether oxygens (including phenoxy) is 3. The van der Waals surface area contributed by atoms with Gasteiger partial charge in [-0.3, -0.25) is 4.79 Å². The van der Waals surface area contributed by atoms with E-state index in [1.165, 1.54) is 36.2 Å². The van der Waals surface area contributed by atoms with Crippen molar-refractivity contribution in [2.24, 2.45) is 5.92 Å². The van der Waals surface area contributed by atoms with E-state index in [1.54, 1.807) is 6.92 Å². The van der Waals surface area contributed by atoms with Crippen LogP contribution in [0.4, 0.5) is 5.69 Å². The van der Waals surface area contributed by atoms with E-state index in [0.29, 0.717) is 17.0 Å². The third-order valence-electron chi connectivity index (χ3n) is 6.60. The zero-order chi connectivity index (χ0) is 27.2. The maximum atomic E-state index is 13.4. The Bertz CT molecular complexity index is 1290. The summed E-state index contributed by atoms with van der Waals surface area (Å²) < 4.78 is 17.4. The molecule has 1 aliphatic rings. The predicted molar refractivity (Wildman–Crippen MR) is 152 cm³/mol. The Morgan fingerprint density at radius 2 is 1.87 bits per heavy atom. The second kappa shape index (κ2) is 12.8. The molecule has 2 heterocycles. The molecule has 0 radical (unpaired) electrons. The van der Waals surface area contributed by atoms with Crippen molar-refractivity contribution in [3.8, 4) is 16.9 Å². The third kappa shape index (κ3) is 6.21. The Balaban J connectivity index is 1.72. The van der Waals surface area contributed by atoms with Crippen LogP contribution >= 0.6 is 22.7 Å². The van der Waals surface area contributed by atoms with Crippen molar-refractivity contribution < 1.29 is 28.6 Å². The number of thiophene rings is 2. The Hall–Kier alpha value is -2.91. The number of benzene rings is 1. The van der Waals surface area contributed by atoms with Gasteiger partial charge >= 0.3 is 11.9 Å². The van der Waals surface area contributed by atoms with Gasteiger partial charge in [-0.1, -0.05) is 45.2 Å². The largest absolute Gasteiger partial charge is 0.479 e. The molecule has 3 aromatic rings. The second-order valence-electron chi connectivity index (χ2n) is 9.86. The highest BCUT2D eigenvalue weighted by atomic mass is 32.1. The molecule has 0 bridgehead atoms. The molecule has 7 nitrogen and oxygen atoms in total. The standard InChI is InChI=1S/C29H35NO6S2/c1-5-35-24(32)16-36-25-27-26(38-28(25)29(33)34-4)22(17-37-27)19-10-9-13-21(15-19)30(23(31)14-18(2)3)20-11-7-6-8-12-20/h9-10,13,15,17-18,20H,5-8,11-12,14,16H2,1-4H3. The molecule has 1 aromatic carbocycles. The summed E-state index contributed by atoms with van der Waals surface area (Å²) in [6, 6.07) is 8.31. The monoisotopic (exact) mass is 557 g/mol. The molecule has 9 heteroatoms. The molecule has 1 saturated carbocycles. The van der Waals surface area contributed by atoms with Crippen molar-refractivity contribution in [1.82, 2.24) is 0 Å². The summed E-state index contributed by atoms with van der Waals surface area (Å²) in [6.45, 7) is 5.84. The smallest absolute Gasteiger partial charge is 0.351 e. The summed E-state index contributed by atoms with van der Waals surface area (Å²) in [7, 11) is 1.32. The van der Waals surface area contributed by atoms with E-state index < -0.39 is 11.9 Å². The molecule has 0 atom stereocenters. The molecule has 0 aliphatic heterocycles. The van der Waals surface area contributed by atoms with Gasteiger partial charge < -0.3 is 19.1 Å². The number of carbonyl (C=O) groups is 3. The van der Waals surface area contributed by atoms with Crippen molar-refractivity contribution in [2.45, 2.75) is 65.3 Å². The fourth-order valence-corrected chi connectivity index (χ4v) is 7.40. The number of hydrogen-bond acceptors (Lipinski definition) is 8. The van der Waals surface area contributed by atoms with Crippen LogP contribution < -0.4 is 9.64 Å². The van der Waals surface area contributed by atoms with Crippen LogP contribution in [0, 0.1) is 5.92 Å². The maximum absolute atomic E-state index is 13.4. The number of nitrogens with zero attached hydrogens (tertiary/aromatic N) is 1. The van der Waals surface area contributed by atoms with Crippen molar-refractivity contribution in [1.29, 1.82) is 0 Å². The average Bonchev–Trinajstić information content (AvgIpc) is 3.47. The first kappa shape index (κ1) is 28.1. The van der Waals surface area contributed by atoms with Crippen LogP contribution in [0.1, 0.15) is 69.0 Å². The number of anilines is 1. The highest BCUT2D eigenvalue weighted by Crippen LogP contribution is 2.47. The Morgan fingerprint density at radius 3 is 2.55 bits per heavy atom. The highest BCUT2D eigenvalue weighted by molar-refractivity contribution is 7.29. The summed E-state index contributed by atoms with van der Waals surface area (Å²) in [5.41, 5.74) is 2.82. The summed E-state index contributed by atoms with van der Waals surface area (Å²) in [5, 5.41) is 2.03. The second-order valence-corrected chi connectivity index (χ2v) is 11.8. The number of carbonyl (C=O) groups excluding carboxylic acids is 3. The fourth-order valence-electron chi connectivity index (χ4n) is 4.92. The van der Waals surface area contributed by atoms with Gasteiger partial charge in [-0.2, -0.15) is 0 Å². The van der Waals surface area contributed by atoms with Crippen molar-refractivity contribution in [3.05, 3.63) is 34.5 Å². The topological polar surface area (TPSA) is 82.1 Å². The molecule has 0 spiro atoms. The van der Waals surface area contributed by atoms with Gasteiger partial charge in [0, 0.05) is 29.1 Å². The quantitative estimate of drug-likeness (QED) is 0.248. The van der Waals surface area contributed by atoms with E-state index in [2.05, 4.69) is 19.9 Å². The first-order valence-electron chi connectivity index (χ1n) is 13.2. The lowest BCUT2D eigenvalue weighted by atomic mass is 9.92. The van der Waals surface area contributed by atoms with Crippen LogP contribution in [0.2, 0.25) is 0 Å². The Kier molecular flexibility index (Phi) is 9.44. The zero-order valence-electron chi connectivity index (χ0n) is 22.4. The van der Waals surface area contributed by atoms with E-state index in [4.69, 9.17) is 14.2 Å². The summed E-state index contributed by atoms with van der Waals surface area (Å²) in [5.74, 6) is -0.226. The minimum absolute atomic E-state index is 0.165. The van der Waals surface area contributed by atoms with E-state index in [9.17, 15) is 14.4 Å². The SMILES string of the molecule is CCOC(=O)COc1c(C(=O)OC)sc2c(-c3cccc(N(C(=O)CC(C)C)C4CCCCC4)c3)csc12. The lowest BCUT2D eigenvalue weighted by molar-refractivity contribution is -0.145. The van der Waals surface area contributed by atoms with Gasteiger partial charge in [0.25, 0.3) is 0 Å². The fraction of sp³-hybridized carbons (Fsp3) is 0.483. The van der Waals surface area contributed by atoms with Gasteiger partial charge in [-0.15, -0.1) is 22.7 Å². The molecule has 0 unspecified atom stereocenters. The van der Waals surface area contributed by atoms with Crippen molar-refractivity contribution in [3.63, 3.8) is 0 Å². The van der Waals surface area contributed by atoms with Crippen molar-refractivity contribution in [2.75, 3.05) is 25.2 Å². The number of hydrogen-bond donors (Lipinski definition) is 0. The van der Waals surface area contributed by atoms with E-state index in [0.717, 1.165) is 51.9 Å². The lowest BCUT2D eigenvalue weighted by Crippen LogP contribution is -2.42. The molecule has 0 N–H and O–H groups in total. The first-order valence-corrected chi connectivity index (χ1v) is 14.9. The van der Waals surface area contributed by atoms with Crippen LogP contribution in [0.3, 0.4) is 0 Å². The molecule has 38 heavy (non-hydrogen) atoms. The molecule has 1 amide bonds. The van der Waals surface area contributed by atoms with E-state index in [1.807, 2.05) is 28.5 Å². The molecule has 0 saturated heterocycles. The molecule has 204 valence electrons. The maximum Gasteiger partial charge on any atom is 0.351 e. The van der Waals surface area contributed by atoms with Crippen LogP contribution in [0.25, 0.3) is 20.5 Å². The van der Waals surface area contributed by atoms with E-state index >= 15 is 0 Å². The van der Waals surface area contributed by atoms with Gasteiger partial charge in [-0.05, 0) is 43.4 Å². The predicted octanol–water partition coefficient (Wildman–Crippen LogP) is 7.07. The number of methoxy groups -OCH3 is 1. The normalized spacial score (nSPS) is 14.0. The van der Waals surface area contributed by atoms with Crippen LogP contribution in [-0.2, 0) is 19.1 Å². The Morgan fingerprint density at radius 1 is 1.11 bits per heavy atom. The lowest BCUT2D eigenvalue weighted by Gasteiger charge is -2.35. The van der Waals surface area contributed by atoms with Gasteiger partial charge in [0.05, 0.1) is 23.1 Å². The molecule has 2 aromatic heterocycles. The summed E-state index contributed by atoms with van der Waals surface area (Å²) in [6.07, 6.45) is 6.05. The first-order chi connectivity index (χ1) is 18.3. The zero-order valence-corrected chi connectivity index (χ0v) is 24.0. The van der Waals surface area contributed by atoms with Gasteiger partial charge in [0.1, 0.15) is 0 Å². The minimum Gasteiger partial charge on any atom is -0.479 e. The molecule has 4 rings (SSSR count). The van der Waals surface area contributed by atoms with Gasteiger partial charge in [-0.25, -0.2) is 9.59 Å². The molecular formula is C29H35NO6S2. The number of esters is 2. The number of fused-ring (bicyclic) bond motifs is 1. The van der Waals surface area contributed by atoms with Crippen molar-refractivity contribution >= 4 is 55.6 Å². The van der Waals surface area contributed by atoms with Crippen LogP contribution in [0.5, 0.6) is 5.75 Å². The minimum atomic E-state index is -0.514. The molecule has 1 fully saturated rings. The van der Waals surface area contributed by atoms with E-state index in [-0.39, 0.29) is 31.1 Å². The molecule has 1 aliphatic carbocycles. The Labute approximate surface area is 231 Å². The number of amides is 1. The van der Waals surface area contributed by atoms with Gasteiger partial charge in [0.2, 0.25) is 5.91 Å². The average molecular weight is 558 g/mol. The third-order valence-corrected chi connectivity index (χ3v) is 8.89. The summed E-state index contributed by atoms with van der Waals surface area (Å²) in [4.78, 5) is 40.2.